The minimum Gasteiger partial charge on any atom is -0.478 e. The quantitative estimate of drug-likeness (QED) is 0.806. The van der Waals surface area contributed by atoms with Gasteiger partial charge in [-0.2, -0.15) is 0 Å². The summed E-state index contributed by atoms with van der Waals surface area (Å²) in [6.45, 7) is 1.88. The summed E-state index contributed by atoms with van der Waals surface area (Å²) in [7, 11) is 2.78. The third kappa shape index (κ3) is 4.48. The Labute approximate surface area is 122 Å². The Kier molecular flexibility index (Phi) is 5.71. The Balaban J connectivity index is 2.79. The molecule has 0 atom stereocenters. The fraction of sp³-hybridized carbons (Fsp3) is 0.357. The highest BCUT2D eigenvalue weighted by atomic mass is 16.5. The molecule has 114 valence electrons. The van der Waals surface area contributed by atoms with Crippen molar-refractivity contribution in [2.45, 2.75) is 13.3 Å². The Morgan fingerprint density at radius 1 is 1.33 bits per heavy atom. The van der Waals surface area contributed by atoms with Crippen LogP contribution in [0.5, 0.6) is 0 Å². The molecule has 0 radical (unpaired) electrons. The maximum atomic E-state index is 12.0. The van der Waals surface area contributed by atoms with Crippen LogP contribution in [0.2, 0.25) is 0 Å². The zero-order chi connectivity index (χ0) is 16.0. The maximum Gasteiger partial charge on any atom is 0.337 e. The minimum atomic E-state index is -1.12. The molecule has 7 heteroatoms. The first-order valence-corrected chi connectivity index (χ1v) is 6.28. The summed E-state index contributed by atoms with van der Waals surface area (Å²) in [6.07, 6.45) is 0.0694. The molecule has 0 fully saturated rings. The van der Waals surface area contributed by atoms with Crippen LogP contribution in [0.4, 0.5) is 10.5 Å². The SMILES string of the molecule is COC(=O)CCN(C)C(=O)Nc1c(C)cccc1C(=O)O. The summed E-state index contributed by atoms with van der Waals surface area (Å²) in [5.74, 6) is -1.54. The molecular formula is C14H18N2O5. The van der Waals surface area contributed by atoms with E-state index >= 15 is 0 Å². The number of nitrogens with zero attached hydrogens (tertiary/aromatic N) is 1. The number of nitrogens with one attached hydrogen (secondary N) is 1. The molecule has 2 amide bonds. The lowest BCUT2D eigenvalue weighted by molar-refractivity contribution is -0.140. The molecular weight excluding hydrogens is 276 g/mol. The molecule has 0 spiro atoms. The van der Waals surface area contributed by atoms with E-state index in [9.17, 15) is 14.4 Å². The monoisotopic (exact) mass is 294 g/mol. The van der Waals surface area contributed by atoms with Gasteiger partial charge in [0.1, 0.15) is 0 Å². The summed E-state index contributed by atoms with van der Waals surface area (Å²) in [6, 6.07) is 4.24. The molecule has 2 N–H and O–H groups in total. The molecule has 0 heterocycles. The third-order valence-electron chi connectivity index (χ3n) is 2.96. The van der Waals surface area contributed by atoms with E-state index in [-0.39, 0.29) is 24.2 Å². The average Bonchev–Trinajstić information content (AvgIpc) is 2.45. The fourth-order valence-corrected chi connectivity index (χ4v) is 1.68. The van der Waals surface area contributed by atoms with Crippen LogP contribution in [0.25, 0.3) is 0 Å². The highest BCUT2D eigenvalue weighted by Gasteiger charge is 2.17. The number of para-hydroxylation sites is 1. The van der Waals surface area contributed by atoms with E-state index in [0.29, 0.717) is 5.56 Å². The number of anilines is 1. The van der Waals surface area contributed by atoms with E-state index in [1.54, 1.807) is 19.1 Å². The summed E-state index contributed by atoms with van der Waals surface area (Å²) in [4.78, 5) is 35.5. The summed E-state index contributed by atoms with van der Waals surface area (Å²) in [5.41, 5.74) is 0.911. The van der Waals surface area contributed by atoms with Crippen molar-refractivity contribution in [3.05, 3.63) is 29.3 Å². The topological polar surface area (TPSA) is 95.9 Å². The number of hydrogen-bond acceptors (Lipinski definition) is 4. The zero-order valence-electron chi connectivity index (χ0n) is 12.2. The number of ether oxygens (including phenoxy) is 1. The number of rotatable bonds is 5. The van der Waals surface area contributed by atoms with Gasteiger partial charge in [0.15, 0.2) is 0 Å². The second-order valence-corrected chi connectivity index (χ2v) is 4.48. The molecule has 0 aliphatic rings. The molecule has 7 nitrogen and oxygen atoms in total. The second kappa shape index (κ2) is 7.28. The van der Waals surface area contributed by atoms with Gasteiger partial charge in [0.05, 0.1) is 24.8 Å². The molecule has 0 aliphatic carbocycles. The number of urea groups is 1. The van der Waals surface area contributed by atoms with Crippen molar-refractivity contribution in [1.29, 1.82) is 0 Å². The molecule has 0 saturated carbocycles. The number of aromatic carboxylic acids is 1. The van der Waals surface area contributed by atoms with Gasteiger partial charge >= 0.3 is 18.0 Å². The van der Waals surface area contributed by atoms with Crippen molar-refractivity contribution in [2.75, 3.05) is 26.0 Å². The van der Waals surface area contributed by atoms with E-state index in [1.807, 2.05) is 0 Å². The lowest BCUT2D eigenvalue weighted by atomic mass is 10.1. The predicted molar refractivity (Wildman–Crippen MR) is 76.4 cm³/mol. The van der Waals surface area contributed by atoms with Gasteiger partial charge in [0.2, 0.25) is 0 Å². The van der Waals surface area contributed by atoms with Gasteiger partial charge in [-0.1, -0.05) is 12.1 Å². The fourth-order valence-electron chi connectivity index (χ4n) is 1.68. The van der Waals surface area contributed by atoms with E-state index in [0.717, 1.165) is 0 Å². The van der Waals surface area contributed by atoms with Crippen LogP contribution in [0.3, 0.4) is 0 Å². The largest absolute Gasteiger partial charge is 0.478 e. The number of esters is 1. The van der Waals surface area contributed by atoms with Gasteiger partial charge < -0.3 is 20.1 Å². The second-order valence-electron chi connectivity index (χ2n) is 4.48. The van der Waals surface area contributed by atoms with Crippen molar-refractivity contribution in [3.63, 3.8) is 0 Å². The Morgan fingerprint density at radius 3 is 2.57 bits per heavy atom. The van der Waals surface area contributed by atoms with E-state index in [1.165, 1.54) is 25.1 Å². The molecule has 0 aliphatic heterocycles. The zero-order valence-corrected chi connectivity index (χ0v) is 12.2. The van der Waals surface area contributed by atoms with Gasteiger partial charge in [-0.25, -0.2) is 9.59 Å². The third-order valence-corrected chi connectivity index (χ3v) is 2.96. The first-order valence-electron chi connectivity index (χ1n) is 6.28. The minimum absolute atomic E-state index is 0.0183. The lowest BCUT2D eigenvalue weighted by Crippen LogP contribution is -2.33. The highest BCUT2D eigenvalue weighted by Crippen LogP contribution is 2.20. The number of carbonyl (C=O) groups excluding carboxylic acids is 2. The van der Waals surface area contributed by atoms with E-state index in [4.69, 9.17) is 5.11 Å². The van der Waals surface area contributed by atoms with Crippen LogP contribution in [-0.4, -0.2) is 48.7 Å². The number of amides is 2. The van der Waals surface area contributed by atoms with Crippen LogP contribution >= 0.6 is 0 Å². The molecule has 1 rings (SSSR count). The standard InChI is InChI=1S/C14H18N2O5/c1-9-5-4-6-10(13(18)19)12(9)15-14(20)16(2)8-7-11(17)21-3/h4-6H,7-8H2,1-3H3,(H,15,20)(H,18,19). The molecule has 21 heavy (non-hydrogen) atoms. The van der Waals surface area contributed by atoms with Gasteiger partial charge in [-0.3, -0.25) is 4.79 Å². The van der Waals surface area contributed by atoms with Crippen LogP contribution in [-0.2, 0) is 9.53 Å². The van der Waals surface area contributed by atoms with Crippen LogP contribution in [0, 0.1) is 6.92 Å². The number of aryl methyl sites for hydroxylation is 1. The molecule has 0 aromatic heterocycles. The number of hydrogen-bond donors (Lipinski definition) is 2. The first-order chi connectivity index (χ1) is 9.86. The average molecular weight is 294 g/mol. The van der Waals surface area contributed by atoms with Crippen molar-refractivity contribution >= 4 is 23.7 Å². The van der Waals surface area contributed by atoms with Gasteiger partial charge in [0.25, 0.3) is 0 Å². The Morgan fingerprint density at radius 2 is 2.00 bits per heavy atom. The summed E-state index contributed by atoms with van der Waals surface area (Å²) >= 11 is 0. The lowest BCUT2D eigenvalue weighted by Gasteiger charge is -2.19. The number of benzene rings is 1. The van der Waals surface area contributed by atoms with Gasteiger partial charge in [-0.15, -0.1) is 0 Å². The predicted octanol–water partition coefficient (Wildman–Crippen LogP) is 1.72. The number of carboxylic acids is 1. The molecule has 0 saturated heterocycles. The van der Waals surface area contributed by atoms with Crippen molar-refractivity contribution in [1.82, 2.24) is 4.90 Å². The Bertz CT molecular complexity index is 556. The molecule has 1 aromatic rings. The van der Waals surface area contributed by atoms with Crippen molar-refractivity contribution in [3.8, 4) is 0 Å². The summed E-state index contributed by atoms with van der Waals surface area (Å²) in [5, 5.41) is 11.7. The maximum absolute atomic E-state index is 12.0. The number of methoxy groups -OCH3 is 1. The van der Waals surface area contributed by atoms with Crippen molar-refractivity contribution in [2.24, 2.45) is 0 Å². The van der Waals surface area contributed by atoms with Gasteiger partial charge in [0, 0.05) is 13.6 Å². The normalized spacial score (nSPS) is 9.86. The van der Waals surface area contributed by atoms with Gasteiger partial charge in [-0.05, 0) is 18.6 Å². The van der Waals surface area contributed by atoms with Crippen LogP contribution < -0.4 is 5.32 Å². The molecule has 1 aromatic carbocycles. The summed E-state index contributed by atoms with van der Waals surface area (Å²) < 4.78 is 4.49. The first kappa shape index (κ1) is 16.5. The number of carbonyl (C=O) groups is 3. The smallest absolute Gasteiger partial charge is 0.337 e. The van der Waals surface area contributed by atoms with E-state index < -0.39 is 18.0 Å². The Hall–Kier alpha value is -2.57. The van der Waals surface area contributed by atoms with Crippen LogP contribution in [0.15, 0.2) is 18.2 Å². The molecule has 0 unspecified atom stereocenters. The molecule has 0 bridgehead atoms. The van der Waals surface area contributed by atoms with Crippen LogP contribution in [0.1, 0.15) is 22.3 Å². The number of carboxylic acid groups (broad SMARTS) is 1. The van der Waals surface area contributed by atoms with Crippen molar-refractivity contribution < 1.29 is 24.2 Å². The van der Waals surface area contributed by atoms with E-state index in [2.05, 4.69) is 10.1 Å². The highest BCUT2D eigenvalue weighted by molar-refractivity contribution is 6.01.